The lowest BCUT2D eigenvalue weighted by Crippen LogP contribution is -2.21. The zero-order chi connectivity index (χ0) is 10.6. The Bertz CT molecular complexity index is 293. The molecule has 0 aliphatic carbocycles. The van der Waals surface area contributed by atoms with Crippen LogP contribution in [0.15, 0.2) is 0 Å². The molecule has 14 heavy (non-hydrogen) atoms. The molecule has 1 aromatic heterocycles. The molecule has 0 aliphatic rings. The molecule has 1 rings (SSSR count). The van der Waals surface area contributed by atoms with E-state index in [4.69, 9.17) is 27.9 Å². The van der Waals surface area contributed by atoms with Gasteiger partial charge in [-0.2, -0.15) is 0 Å². The summed E-state index contributed by atoms with van der Waals surface area (Å²) < 4.78 is 4.97. The maximum atomic E-state index is 5.88. The Morgan fingerprint density at radius 1 is 1.57 bits per heavy atom. The van der Waals surface area contributed by atoms with Crippen LogP contribution in [0.5, 0.6) is 0 Å². The molecule has 1 aromatic rings. The number of anilines is 1. The molecule has 0 radical (unpaired) electrons. The van der Waals surface area contributed by atoms with Crippen molar-refractivity contribution in [1.82, 2.24) is 4.98 Å². The van der Waals surface area contributed by atoms with Gasteiger partial charge in [-0.25, -0.2) is 4.98 Å². The summed E-state index contributed by atoms with van der Waals surface area (Å²) in [4.78, 5) is 7.11. The maximum absolute atomic E-state index is 5.88. The highest BCUT2D eigenvalue weighted by Gasteiger charge is 2.11. The van der Waals surface area contributed by atoms with Crippen molar-refractivity contribution in [2.75, 3.05) is 32.2 Å². The zero-order valence-electron chi connectivity index (χ0n) is 8.09. The van der Waals surface area contributed by atoms with Gasteiger partial charge in [0.2, 0.25) is 0 Å². The van der Waals surface area contributed by atoms with Gasteiger partial charge in [0.25, 0.3) is 0 Å². The van der Waals surface area contributed by atoms with E-state index in [0.717, 1.165) is 16.6 Å². The van der Waals surface area contributed by atoms with Crippen LogP contribution in [0.1, 0.15) is 4.88 Å². The number of rotatable bonds is 5. The number of aromatic nitrogens is 1. The van der Waals surface area contributed by atoms with E-state index in [2.05, 4.69) is 4.98 Å². The van der Waals surface area contributed by atoms with E-state index in [1.165, 1.54) is 11.3 Å². The van der Waals surface area contributed by atoms with Crippen LogP contribution in [0.25, 0.3) is 0 Å². The van der Waals surface area contributed by atoms with Gasteiger partial charge in [0.1, 0.15) is 5.15 Å². The van der Waals surface area contributed by atoms with Crippen molar-refractivity contribution >= 4 is 39.7 Å². The minimum atomic E-state index is 0.411. The molecule has 0 aliphatic heterocycles. The van der Waals surface area contributed by atoms with Crippen LogP contribution in [-0.4, -0.2) is 32.3 Å². The quantitative estimate of drug-likeness (QED) is 0.756. The summed E-state index contributed by atoms with van der Waals surface area (Å²) in [6.45, 7) is 1.46. The topological polar surface area (TPSA) is 25.4 Å². The van der Waals surface area contributed by atoms with E-state index >= 15 is 0 Å². The van der Waals surface area contributed by atoms with Crippen LogP contribution in [0, 0.1) is 0 Å². The average Bonchev–Trinajstić information content (AvgIpc) is 2.56. The Hall–Kier alpha value is -0.0300. The smallest absolute Gasteiger partial charge is 0.186 e. The molecule has 0 N–H and O–H groups in total. The summed E-state index contributed by atoms with van der Waals surface area (Å²) in [6.07, 6.45) is 0. The fraction of sp³-hybridized carbons (Fsp3) is 0.625. The van der Waals surface area contributed by atoms with Crippen LogP contribution in [-0.2, 0) is 10.6 Å². The number of nitrogens with zero attached hydrogens (tertiary/aromatic N) is 2. The predicted molar refractivity (Wildman–Crippen MR) is 61.8 cm³/mol. The molecule has 0 atom stereocenters. The van der Waals surface area contributed by atoms with Gasteiger partial charge in [-0.05, 0) is 0 Å². The lowest BCUT2D eigenvalue weighted by atomic mass is 10.6. The number of hydrogen-bond donors (Lipinski definition) is 0. The maximum Gasteiger partial charge on any atom is 0.186 e. The van der Waals surface area contributed by atoms with Crippen molar-refractivity contribution < 1.29 is 4.74 Å². The van der Waals surface area contributed by atoms with Crippen LogP contribution in [0.2, 0.25) is 5.15 Å². The second-order valence-corrected chi connectivity index (χ2v) is 4.45. The Morgan fingerprint density at radius 2 is 2.29 bits per heavy atom. The molecule has 0 amide bonds. The summed E-state index contributed by atoms with van der Waals surface area (Å²) in [5.41, 5.74) is 0. The third-order valence-corrected chi connectivity index (χ3v) is 3.74. The lowest BCUT2D eigenvalue weighted by Gasteiger charge is -2.14. The van der Waals surface area contributed by atoms with E-state index in [9.17, 15) is 0 Å². The van der Waals surface area contributed by atoms with Crippen LogP contribution in [0.3, 0.4) is 0 Å². The normalized spacial score (nSPS) is 10.6. The third-order valence-electron chi connectivity index (χ3n) is 1.72. The van der Waals surface area contributed by atoms with Gasteiger partial charge in [0.15, 0.2) is 5.13 Å². The molecule has 0 fully saturated rings. The number of ether oxygens (including phenoxy) is 1. The van der Waals surface area contributed by atoms with E-state index in [0.29, 0.717) is 17.6 Å². The average molecular weight is 255 g/mol. The minimum absolute atomic E-state index is 0.411. The molecule has 0 spiro atoms. The van der Waals surface area contributed by atoms with Crippen molar-refractivity contribution in [3.05, 3.63) is 10.0 Å². The van der Waals surface area contributed by atoms with Gasteiger partial charge < -0.3 is 9.64 Å². The lowest BCUT2D eigenvalue weighted by molar-refractivity contribution is 0.206. The second kappa shape index (κ2) is 5.75. The second-order valence-electron chi connectivity index (χ2n) is 2.76. The number of thiazole rings is 1. The monoisotopic (exact) mass is 254 g/mol. The highest BCUT2D eigenvalue weighted by molar-refractivity contribution is 7.16. The first-order valence-corrected chi connectivity index (χ1v) is 5.83. The van der Waals surface area contributed by atoms with Crippen LogP contribution >= 0.6 is 34.5 Å². The minimum Gasteiger partial charge on any atom is -0.383 e. The van der Waals surface area contributed by atoms with E-state index < -0.39 is 0 Å². The Kier molecular flexibility index (Phi) is 4.95. The van der Waals surface area contributed by atoms with Gasteiger partial charge in [0, 0.05) is 20.7 Å². The molecule has 0 bridgehead atoms. The van der Waals surface area contributed by atoms with Crippen molar-refractivity contribution in [3.63, 3.8) is 0 Å². The van der Waals surface area contributed by atoms with Crippen molar-refractivity contribution in [3.8, 4) is 0 Å². The standard InChI is InChI=1S/C8H12Cl2N2OS/c1-12(3-4-13-2)8-11-7(10)6(5-9)14-8/h3-5H2,1-2H3. The van der Waals surface area contributed by atoms with Gasteiger partial charge in [0.05, 0.1) is 17.4 Å². The fourth-order valence-electron chi connectivity index (χ4n) is 0.891. The molecule has 6 heteroatoms. The van der Waals surface area contributed by atoms with Gasteiger partial charge in [-0.1, -0.05) is 22.9 Å². The molecule has 0 unspecified atom stereocenters. The predicted octanol–water partition coefficient (Wildman–Crippen LogP) is 2.62. The molecule has 80 valence electrons. The summed E-state index contributed by atoms with van der Waals surface area (Å²) >= 11 is 13.1. The number of likely N-dealkylation sites (N-methyl/N-ethyl adjacent to an activating group) is 1. The molecule has 1 heterocycles. The summed E-state index contributed by atoms with van der Waals surface area (Å²) in [7, 11) is 3.62. The number of halogens is 2. The summed E-state index contributed by atoms with van der Waals surface area (Å²) in [6, 6.07) is 0. The van der Waals surface area contributed by atoms with Gasteiger partial charge in [-0.3, -0.25) is 0 Å². The molecule has 0 saturated carbocycles. The number of alkyl halides is 1. The Morgan fingerprint density at radius 3 is 2.79 bits per heavy atom. The summed E-state index contributed by atoms with van der Waals surface area (Å²) in [5.74, 6) is 0.411. The third kappa shape index (κ3) is 2.98. The molecule has 0 aromatic carbocycles. The van der Waals surface area contributed by atoms with Gasteiger partial charge >= 0.3 is 0 Å². The first-order valence-electron chi connectivity index (χ1n) is 4.10. The van der Waals surface area contributed by atoms with Gasteiger partial charge in [-0.15, -0.1) is 11.6 Å². The first kappa shape index (κ1) is 12.0. The van der Waals surface area contributed by atoms with Crippen molar-refractivity contribution in [2.24, 2.45) is 0 Å². The van der Waals surface area contributed by atoms with Crippen LogP contribution < -0.4 is 4.90 Å². The largest absolute Gasteiger partial charge is 0.383 e. The van der Waals surface area contributed by atoms with E-state index in [1.807, 2.05) is 11.9 Å². The van der Waals surface area contributed by atoms with Crippen molar-refractivity contribution in [1.29, 1.82) is 0 Å². The molecule has 3 nitrogen and oxygen atoms in total. The first-order chi connectivity index (χ1) is 6.69. The molecule has 0 saturated heterocycles. The zero-order valence-corrected chi connectivity index (χ0v) is 10.4. The molecular weight excluding hydrogens is 243 g/mol. The van der Waals surface area contributed by atoms with Crippen molar-refractivity contribution in [2.45, 2.75) is 5.88 Å². The van der Waals surface area contributed by atoms with Crippen LogP contribution in [0.4, 0.5) is 5.13 Å². The highest BCUT2D eigenvalue weighted by Crippen LogP contribution is 2.29. The SMILES string of the molecule is COCCN(C)c1nc(Cl)c(CCl)s1. The summed E-state index contributed by atoms with van der Waals surface area (Å²) in [5, 5.41) is 1.38. The van der Waals surface area contributed by atoms with E-state index in [1.54, 1.807) is 7.11 Å². The van der Waals surface area contributed by atoms with E-state index in [-0.39, 0.29) is 0 Å². The number of methoxy groups -OCH3 is 1. The molecular formula is C8H12Cl2N2OS. The number of hydrogen-bond acceptors (Lipinski definition) is 4. The Balaban J connectivity index is 2.65. The highest BCUT2D eigenvalue weighted by atomic mass is 35.5. The Labute approximate surface area is 97.6 Å². The fourth-order valence-corrected chi connectivity index (χ4v) is 2.35.